The summed E-state index contributed by atoms with van der Waals surface area (Å²) in [5.74, 6) is 10.7. The molecule has 9 N–H and O–H groups in total. The van der Waals surface area contributed by atoms with Crippen LogP contribution in [0.15, 0.2) is 46.7 Å². The van der Waals surface area contributed by atoms with Crippen LogP contribution in [0.2, 0.25) is 0 Å². The van der Waals surface area contributed by atoms with Crippen LogP contribution in [-0.2, 0) is 15.3 Å². The average molecular weight is 470 g/mol. The summed E-state index contributed by atoms with van der Waals surface area (Å²) in [6.45, 7) is 0. The fraction of sp³-hybridized carbons (Fsp3) is 0.125. The Morgan fingerprint density at radius 2 is 2.10 bits per heavy atom. The second-order valence-electron chi connectivity index (χ2n) is 5.71. The Balaban J connectivity index is 0.00000320. The number of anilines is 1. The van der Waals surface area contributed by atoms with Crippen molar-refractivity contribution in [2.24, 2.45) is 22.6 Å². The van der Waals surface area contributed by atoms with Crippen molar-refractivity contribution in [1.82, 2.24) is 20.2 Å². The number of fused-ring (bicyclic) bond motifs is 1. The fourth-order valence-electron chi connectivity index (χ4n) is 3.04. The molecule has 14 heteroatoms. The van der Waals surface area contributed by atoms with Gasteiger partial charge >= 0.3 is 0 Å². The van der Waals surface area contributed by atoms with Crippen LogP contribution in [0.1, 0.15) is 5.56 Å². The van der Waals surface area contributed by atoms with E-state index in [1.807, 2.05) is 24.3 Å². The van der Waals surface area contributed by atoms with E-state index >= 15 is 0 Å². The molecule has 0 aliphatic heterocycles. The normalized spacial score (nSPS) is 12.5. The molecule has 162 valence electrons. The smallest absolute Gasteiger partial charge is 0.154 e. The predicted molar refractivity (Wildman–Crippen MR) is 127 cm³/mol. The van der Waals surface area contributed by atoms with Crippen molar-refractivity contribution in [2.45, 2.75) is 4.90 Å². The highest BCUT2D eigenvalue weighted by Crippen LogP contribution is 2.39. The van der Waals surface area contributed by atoms with Gasteiger partial charge in [0, 0.05) is 12.6 Å². The first-order chi connectivity index (χ1) is 14.0. The lowest BCUT2D eigenvalue weighted by Crippen LogP contribution is -2.27. The van der Waals surface area contributed by atoms with Gasteiger partial charge in [0.05, 0.1) is 33.5 Å². The molecular weight excluding hydrogens is 446 g/mol. The molecule has 2 aromatic carbocycles. The Kier molecular flexibility index (Phi) is 8.48. The van der Waals surface area contributed by atoms with E-state index in [1.54, 1.807) is 30.8 Å². The molecule has 1 heterocycles. The van der Waals surface area contributed by atoms with Gasteiger partial charge in [-0.05, 0) is 24.7 Å². The van der Waals surface area contributed by atoms with Gasteiger partial charge in [-0.25, -0.2) is 35.5 Å². The van der Waals surface area contributed by atoms with Crippen LogP contribution >= 0.6 is 25.7 Å². The largest absolute Gasteiger partial charge is 0.382 e. The molecule has 11 nitrogen and oxygen atoms in total. The van der Waals surface area contributed by atoms with Crippen LogP contribution in [0.4, 0.5) is 5.69 Å². The number of H-pyrrole nitrogens is 1. The molecule has 0 fully saturated rings. The first-order valence-corrected chi connectivity index (χ1v) is 10.1. The summed E-state index contributed by atoms with van der Waals surface area (Å²) in [5.41, 5.74) is 12.6. The van der Waals surface area contributed by atoms with Crippen LogP contribution in [0.3, 0.4) is 0 Å². The van der Waals surface area contributed by atoms with Gasteiger partial charge < -0.3 is 10.7 Å². The summed E-state index contributed by atoms with van der Waals surface area (Å²) in [5, 5.41) is 3.94. The minimum Gasteiger partial charge on any atom is -0.382 e. The number of aromatic nitrogens is 2. The minimum absolute atomic E-state index is 0. The molecule has 0 aliphatic rings. The molecule has 3 aromatic rings. The molecular formula is C16H23N9O2S3. The second kappa shape index (κ2) is 10.6. The van der Waals surface area contributed by atoms with E-state index < -0.39 is 11.0 Å². The molecule has 30 heavy (non-hydrogen) atoms. The zero-order valence-electron chi connectivity index (χ0n) is 16.2. The molecule has 0 bridgehead atoms. The van der Waals surface area contributed by atoms with E-state index in [0.29, 0.717) is 16.1 Å². The van der Waals surface area contributed by atoms with Crippen molar-refractivity contribution in [2.75, 3.05) is 18.4 Å². The zero-order chi connectivity index (χ0) is 21.0. The molecule has 1 atom stereocenters. The number of hydrazine groups is 1. The quantitative estimate of drug-likeness (QED) is 0.0688. The number of nitrogens with two attached hydrogens (primary N) is 3. The maximum Gasteiger partial charge on any atom is 0.154 e. The van der Waals surface area contributed by atoms with Crippen molar-refractivity contribution in [3.63, 3.8) is 0 Å². The number of benzene rings is 2. The number of nitrogens with one attached hydrogen (secondary N) is 3. The number of hydrogen-bond acceptors (Lipinski definition) is 9. The van der Waals surface area contributed by atoms with Crippen LogP contribution in [0, 0.1) is 0 Å². The number of para-hydroxylation sites is 1. The van der Waals surface area contributed by atoms with Crippen molar-refractivity contribution in [3.8, 4) is 11.1 Å². The Morgan fingerprint density at radius 1 is 1.33 bits per heavy atom. The minimum atomic E-state index is -1.53. The summed E-state index contributed by atoms with van der Waals surface area (Å²) in [6.07, 6.45) is 1.61. The number of nitrogens with zero attached hydrogens (tertiary/aromatic N) is 3. The van der Waals surface area contributed by atoms with Crippen molar-refractivity contribution < 1.29 is 8.49 Å². The molecule has 1 aromatic heterocycles. The third-order valence-electron chi connectivity index (χ3n) is 4.18. The SMILES string of the molecule is CNS(=O)c1ccc(-c2cccc3[nH]cnc23)c(/C(N)=N/NN)c1N(C)SON.S. The summed E-state index contributed by atoms with van der Waals surface area (Å²) in [7, 11) is 1.76. The molecule has 0 saturated carbocycles. The number of imidazole rings is 1. The van der Waals surface area contributed by atoms with Gasteiger partial charge in [0.15, 0.2) is 5.84 Å². The van der Waals surface area contributed by atoms with E-state index in [2.05, 4.69) is 25.3 Å². The summed E-state index contributed by atoms with van der Waals surface area (Å²) in [6, 6.07) is 9.28. The summed E-state index contributed by atoms with van der Waals surface area (Å²) >= 11 is 0.850. The standard InChI is InChI=1S/C16H21N9O2S2.H2S/c1-20-29(26)12-7-6-9(10-4-3-5-11-14(10)22-8-21-11)13(16(17)23-24-18)15(12)25(2)28-27-19;/h3-8,20,24H,18-19H2,1-2H3,(H2,17,23)(H,21,22);1H2. The third-order valence-corrected chi connectivity index (χ3v) is 5.77. The van der Waals surface area contributed by atoms with Gasteiger partial charge in [-0.2, -0.15) is 13.5 Å². The highest BCUT2D eigenvalue weighted by atomic mass is 32.2. The van der Waals surface area contributed by atoms with Gasteiger partial charge in [0.1, 0.15) is 23.2 Å². The molecule has 0 amide bonds. The van der Waals surface area contributed by atoms with Gasteiger partial charge in [-0.15, -0.1) is 5.10 Å². The van der Waals surface area contributed by atoms with Crippen LogP contribution in [0.25, 0.3) is 22.2 Å². The lowest BCUT2D eigenvalue weighted by molar-refractivity contribution is 0.397. The zero-order valence-corrected chi connectivity index (χ0v) is 18.8. The molecule has 0 spiro atoms. The summed E-state index contributed by atoms with van der Waals surface area (Å²) in [4.78, 5) is 7.96. The number of hydrazone groups is 1. The highest BCUT2D eigenvalue weighted by molar-refractivity contribution is 7.96. The third kappa shape index (κ3) is 4.54. The van der Waals surface area contributed by atoms with Gasteiger partial charge in [-0.1, -0.05) is 18.2 Å². The lowest BCUT2D eigenvalue weighted by atomic mass is 9.96. The van der Waals surface area contributed by atoms with E-state index in [9.17, 15) is 4.21 Å². The van der Waals surface area contributed by atoms with Crippen LogP contribution < -0.4 is 32.0 Å². The van der Waals surface area contributed by atoms with Crippen molar-refractivity contribution in [1.29, 1.82) is 0 Å². The number of aromatic amines is 1. The number of hydrogen-bond donors (Lipinski definition) is 6. The van der Waals surface area contributed by atoms with Crippen molar-refractivity contribution in [3.05, 3.63) is 42.2 Å². The van der Waals surface area contributed by atoms with Gasteiger partial charge in [0.2, 0.25) is 0 Å². The Bertz CT molecular complexity index is 1070. The molecule has 3 rings (SSSR count). The Labute approximate surface area is 187 Å². The first kappa shape index (κ1) is 23.9. The number of rotatable bonds is 8. The Morgan fingerprint density at radius 3 is 2.77 bits per heavy atom. The summed E-state index contributed by atoms with van der Waals surface area (Å²) < 4.78 is 21.7. The van der Waals surface area contributed by atoms with E-state index in [0.717, 1.165) is 34.4 Å². The fourth-order valence-corrected chi connectivity index (χ4v) is 4.32. The maximum atomic E-state index is 12.6. The highest BCUT2D eigenvalue weighted by Gasteiger charge is 2.25. The van der Waals surface area contributed by atoms with Gasteiger partial charge in [0.25, 0.3) is 0 Å². The average Bonchev–Trinajstić information content (AvgIpc) is 3.21. The van der Waals surface area contributed by atoms with Crippen LogP contribution in [0.5, 0.6) is 0 Å². The lowest BCUT2D eigenvalue weighted by Gasteiger charge is -2.24. The van der Waals surface area contributed by atoms with Crippen LogP contribution in [-0.4, -0.2) is 34.1 Å². The second-order valence-corrected chi connectivity index (χ2v) is 7.98. The topological polar surface area (TPSA) is 173 Å². The van der Waals surface area contributed by atoms with Gasteiger partial charge in [-0.3, -0.25) is 4.31 Å². The molecule has 0 aliphatic carbocycles. The number of amidine groups is 1. The van der Waals surface area contributed by atoms with Crippen molar-refractivity contribution >= 4 is 59.3 Å². The van der Waals surface area contributed by atoms with E-state index in [1.165, 1.54) is 0 Å². The monoisotopic (exact) mass is 469 g/mol. The Hall–Kier alpha value is -2.33. The van der Waals surface area contributed by atoms with E-state index in [4.69, 9.17) is 21.8 Å². The first-order valence-electron chi connectivity index (χ1n) is 8.28. The molecule has 1 unspecified atom stereocenters. The predicted octanol–water partition coefficient (Wildman–Crippen LogP) is 0.558. The molecule has 0 saturated heterocycles. The maximum absolute atomic E-state index is 12.6. The van der Waals surface area contributed by atoms with E-state index in [-0.39, 0.29) is 19.3 Å². The molecule has 0 radical (unpaired) electrons.